The lowest BCUT2D eigenvalue weighted by Gasteiger charge is -2.33. The summed E-state index contributed by atoms with van der Waals surface area (Å²) in [6, 6.07) is 4.65. The molecule has 20 heavy (non-hydrogen) atoms. The quantitative estimate of drug-likeness (QED) is 0.889. The molecule has 7 heteroatoms. The fraction of sp³-hybridized carbons (Fsp3) is 0.538. The lowest BCUT2D eigenvalue weighted by Crippen LogP contribution is -2.45. The molecule has 5 nitrogen and oxygen atoms in total. The van der Waals surface area contributed by atoms with Gasteiger partial charge in [-0.2, -0.15) is 4.31 Å². The Labute approximate surface area is 127 Å². The molecule has 1 aliphatic rings. The molecule has 1 heterocycles. The monoisotopic (exact) mass is 363 g/mol. The molecule has 0 amide bonds. The maximum Gasteiger partial charge on any atom is 0.243 e. The molecule has 0 saturated carbocycles. The molecule has 0 aliphatic carbocycles. The van der Waals surface area contributed by atoms with Crippen molar-refractivity contribution in [3.63, 3.8) is 0 Å². The van der Waals surface area contributed by atoms with Crippen LogP contribution in [0.4, 0.5) is 0 Å². The predicted molar refractivity (Wildman–Crippen MR) is 79.2 cm³/mol. The SMILES string of the molecule is COc1ccc(S(=O)(=O)N2CCC(C)C(O)C2)cc1Br. The summed E-state index contributed by atoms with van der Waals surface area (Å²) < 4.78 is 32.1. The van der Waals surface area contributed by atoms with E-state index in [-0.39, 0.29) is 17.4 Å². The Morgan fingerprint density at radius 2 is 2.15 bits per heavy atom. The summed E-state index contributed by atoms with van der Waals surface area (Å²) in [7, 11) is -2.05. The summed E-state index contributed by atoms with van der Waals surface area (Å²) in [5.41, 5.74) is 0. The van der Waals surface area contributed by atoms with Gasteiger partial charge in [0.15, 0.2) is 0 Å². The topological polar surface area (TPSA) is 66.8 Å². The molecule has 0 bridgehead atoms. The zero-order chi connectivity index (χ0) is 14.9. The van der Waals surface area contributed by atoms with Crippen LogP contribution in [-0.4, -0.2) is 44.1 Å². The molecule has 2 rings (SSSR count). The average molecular weight is 364 g/mol. The molecule has 1 N–H and O–H groups in total. The Morgan fingerprint density at radius 1 is 1.45 bits per heavy atom. The number of nitrogens with zero attached hydrogens (tertiary/aromatic N) is 1. The van der Waals surface area contributed by atoms with Crippen molar-refractivity contribution in [3.8, 4) is 5.75 Å². The van der Waals surface area contributed by atoms with Crippen molar-refractivity contribution in [2.45, 2.75) is 24.3 Å². The summed E-state index contributed by atoms with van der Waals surface area (Å²) in [6.45, 7) is 2.51. The Bertz CT molecular complexity index is 590. The van der Waals surface area contributed by atoms with E-state index >= 15 is 0 Å². The minimum absolute atomic E-state index is 0.129. The van der Waals surface area contributed by atoms with Crippen LogP contribution in [0.1, 0.15) is 13.3 Å². The highest BCUT2D eigenvalue weighted by Crippen LogP contribution is 2.30. The normalized spacial score (nSPS) is 24.6. The van der Waals surface area contributed by atoms with Gasteiger partial charge in [0.25, 0.3) is 0 Å². The van der Waals surface area contributed by atoms with E-state index in [2.05, 4.69) is 15.9 Å². The summed E-state index contributed by atoms with van der Waals surface area (Å²) in [4.78, 5) is 0.201. The molecule has 112 valence electrons. The van der Waals surface area contributed by atoms with E-state index in [0.29, 0.717) is 23.2 Å². The Balaban J connectivity index is 2.29. The smallest absolute Gasteiger partial charge is 0.243 e. The number of aliphatic hydroxyl groups is 1. The zero-order valence-corrected chi connectivity index (χ0v) is 13.8. The highest BCUT2D eigenvalue weighted by atomic mass is 79.9. The van der Waals surface area contributed by atoms with E-state index in [9.17, 15) is 13.5 Å². The van der Waals surface area contributed by atoms with Crippen LogP contribution in [-0.2, 0) is 10.0 Å². The standard InChI is InChI=1S/C13H18BrNO4S/c1-9-5-6-15(8-12(9)16)20(17,18)10-3-4-13(19-2)11(14)7-10/h3-4,7,9,12,16H,5-6,8H2,1-2H3. The third-order valence-electron chi connectivity index (χ3n) is 3.64. The fourth-order valence-corrected chi connectivity index (χ4v) is 4.39. The van der Waals surface area contributed by atoms with Crippen molar-refractivity contribution in [3.05, 3.63) is 22.7 Å². The number of ether oxygens (including phenoxy) is 1. The van der Waals surface area contributed by atoms with Gasteiger partial charge in [0.2, 0.25) is 10.0 Å². The third-order valence-corrected chi connectivity index (χ3v) is 6.12. The Kier molecular flexibility index (Phi) is 4.73. The maximum absolute atomic E-state index is 12.5. The molecule has 2 atom stereocenters. The van der Waals surface area contributed by atoms with Gasteiger partial charge < -0.3 is 9.84 Å². The second-order valence-corrected chi connectivity index (χ2v) is 7.78. The molecule has 1 saturated heterocycles. The van der Waals surface area contributed by atoms with Crippen molar-refractivity contribution in [2.24, 2.45) is 5.92 Å². The van der Waals surface area contributed by atoms with E-state index < -0.39 is 16.1 Å². The summed E-state index contributed by atoms with van der Waals surface area (Å²) in [5, 5.41) is 9.86. The Morgan fingerprint density at radius 3 is 2.70 bits per heavy atom. The van der Waals surface area contributed by atoms with Crippen molar-refractivity contribution in [2.75, 3.05) is 20.2 Å². The molecular weight excluding hydrogens is 346 g/mol. The molecule has 0 spiro atoms. The minimum Gasteiger partial charge on any atom is -0.496 e. The number of sulfonamides is 1. The van der Waals surface area contributed by atoms with E-state index in [1.807, 2.05) is 6.92 Å². The predicted octanol–water partition coefficient (Wildman–Crippen LogP) is 1.85. The molecule has 2 unspecified atom stereocenters. The van der Waals surface area contributed by atoms with Crippen LogP contribution in [0.15, 0.2) is 27.6 Å². The highest BCUT2D eigenvalue weighted by Gasteiger charge is 2.33. The molecule has 0 aromatic heterocycles. The summed E-state index contributed by atoms with van der Waals surface area (Å²) in [6.07, 6.45) is 0.0535. The number of aliphatic hydroxyl groups excluding tert-OH is 1. The van der Waals surface area contributed by atoms with Gasteiger partial charge in [0.05, 0.1) is 22.6 Å². The largest absolute Gasteiger partial charge is 0.496 e. The van der Waals surface area contributed by atoms with Crippen molar-refractivity contribution < 1.29 is 18.3 Å². The zero-order valence-electron chi connectivity index (χ0n) is 11.4. The molecule has 0 radical (unpaired) electrons. The summed E-state index contributed by atoms with van der Waals surface area (Å²) >= 11 is 3.29. The fourth-order valence-electron chi connectivity index (χ4n) is 2.19. The first-order valence-corrected chi connectivity index (χ1v) is 8.61. The van der Waals surface area contributed by atoms with Gasteiger partial charge in [0.1, 0.15) is 5.75 Å². The van der Waals surface area contributed by atoms with Crippen LogP contribution in [0.5, 0.6) is 5.75 Å². The van der Waals surface area contributed by atoms with Gasteiger partial charge in [-0.25, -0.2) is 8.42 Å². The van der Waals surface area contributed by atoms with Gasteiger partial charge in [-0.15, -0.1) is 0 Å². The van der Waals surface area contributed by atoms with E-state index in [1.54, 1.807) is 6.07 Å². The van der Waals surface area contributed by atoms with Crippen LogP contribution in [0.2, 0.25) is 0 Å². The number of benzene rings is 1. The average Bonchev–Trinajstić information content (AvgIpc) is 2.41. The van der Waals surface area contributed by atoms with Crippen molar-refractivity contribution >= 4 is 26.0 Å². The first kappa shape index (κ1) is 15.8. The maximum atomic E-state index is 12.5. The number of piperidine rings is 1. The number of rotatable bonds is 3. The lowest BCUT2D eigenvalue weighted by molar-refractivity contribution is 0.0605. The number of halogens is 1. The Hall–Kier alpha value is -0.630. The second-order valence-electron chi connectivity index (χ2n) is 4.99. The minimum atomic E-state index is -3.58. The number of methoxy groups -OCH3 is 1. The van der Waals surface area contributed by atoms with E-state index in [1.165, 1.54) is 23.5 Å². The number of hydrogen-bond acceptors (Lipinski definition) is 4. The van der Waals surface area contributed by atoms with E-state index in [0.717, 1.165) is 0 Å². The highest BCUT2D eigenvalue weighted by molar-refractivity contribution is 9.10. The van der Waals surface area contributed by atoms with Crippen LogP contribution in [0.3, 0.4) is 0 Å². The van der Waals surface area contributed by atoms with Gasteiger partial charge in [0, 0.05) is 13.1 Å². The molecule has 1 fully saturated rings. The van der Waals surface area contributed by atoms with Crippen LogP contribution < -0.4 is 4.74 Å². The molecular formula is C13H18BrNO4S. The third kappa shape index (κ3) is 3.00. The molecule has 1 aromatic carbocycles. The van der Waals surface area contributed by atoms with Crippen molar-refractivity contribution in [1.82, 2.24) is 4.31 Å². The first-order valence-electron chi connectivity index (χ1n) is 6.38. The van der Waals surface area contributed by atoms with Crippen LogP contribution in [0, 0.1) is 5.92 Å². The van der Waals surface area contributed by atoms with Gasteiger partial charge in [-0.3, -0.25) is 0 Å². The van der Waals surface area contributed by atoms with Gasteiger partial charge in [-0.05, 0) is 46.5 Å². The number of β-amino-alcohol motifs (C(OH)–C–C–N with tert-alkyl or cyclic N) is 1. The molecule has 1 aliphatic heterocycles. The van der Waals surface area contributed by atoms with Crippen LogP contribution >= 0.6 is 15.9 Å². The van der Waals surface area contributed by atoms with Crippen molar-refractivity contribution in [1.29, 1.82) is 0 Å². The summed E-state index contributed by atoms with van der Waals surface area (Å²) in [5.74, 6) is 0.709. The second kappa shape index (κ2) is 6.01. The molecule has 1 aromatic rings. The van der Waals surface area contributed by atoms with Gasteiger partial charge >= 0.3 is 0 Å². The van der Waals surface area contributed by atoms with E-state index in [4.69, 9.17) is 4.74 Å². The lowest BCUT2D eigenvalue weighted by atomic mass is 9.98. The first-order chi connectivity index (χ1) is 9.36. The van der Waals surface area contributed by atoms with Crippen LogP contribution in [0.25, 0.3) is 0 Å². The van der Waals surface area contributed by atoms with Gasteiger partial charge in [-0.1, -0.05) is 6.92 Å². The number of hydrogen-bond donors (Lipinski definition) is 1.